The van der Waals surface area contributed by atoms with E-state index in [1.54, 1.807) is 0 Å². The maximum atomic E-state index is 12.3. The van der Waals surface area contributed by atoms with E-state index in [-0.39, 0.29) is 19.4 Å². The van der Waals surface area contributed by atoms with Crippen LogP contribution in [0.2, 0.25) is 0 Å². The van der Waals surface area contributed by atoms with Gasteiger partial charge >= 0.3 is 19.8 Å². The van der Waals surface area contributed by atoms with Gasteiger partial charge in [0, 0.05) is 12.8 Å². The molecule has 0 aliphatic carbocycles. The third kappa shape index (κ3) is 38.4. The standard InChI is InChI=1S/C40H69O8P/c1-3-5-7-9-11-13-15-17-18-19-20-21-22-23-25-26-28-30-32-34-39(41)46-36-38(37-47-49(43,44)45)48-40(42)35-33-31-29-27-24-16-14-12-10-8-6-4-2/h5,7,11,13,17-18,20-21,23,25,38H,3-4,6,8-10,12,14-16,19,22,24,26-37H2,1-2H3,(H2,43,44,45)/b7-5+,13-11+,18-17+,21-20+,25-23+/t38-/m1/s1. The van der Waals surface area contributed by atoms with Gasteiger partial charge in [0.25, 0.3) is 0 Å². The Morgan fingerprint density at radius 3 is 1.47 bits per heavy atom. The Balaban J connectivity index is 4.03. The third-order valence-electron chi connectivity index (χ3n) is 7.80. The Morgan fingerprint density at radius 2 is 0.980 bits per heavy atom. The van der Waals surface area contributed by atoms with Gasteiger partial charge in [-0.1, -0.05) is 152 Å². The first-order chi connectivity index (χ1) is 23.8. The second-order valence-corrected chi connectivity index (χ2v) is 13.8. The fraction of sp³-hybridized carbons (Fsp3) is 0.700. The average molecular weight is 709 g/mol. The molecule has 282 valence electrons. The lowest BCUT2D eigenvalue weighted by atomic mass is 10.0. The van der Waals surface area contributed by atoms with Crippen molar-refractivity contribution in [2.45, 2.75) is 168 Å². The maximum Gasteiger partial charge on any atom is 0.469 e. The summed E-state index contributed by atoms with van der Waals surface area (Å²) in [7, 11) is -4.76. The van der Waals surface area contributed by atoms with Gasteiger partial charge in [0.2, 0.25) is 0 Å². The van der Waals surface area contributed by atoms with Crippen LogP contribution in [0.5, 0.6) is 0 Å². The van der Waals surface area contributed by atoms with Crippen LogP contribution in [0.4, 0.5) is 0 Å². The molecule has 0 amide bonds. The van der Waals surface area contributed by atoms with Crippen LogP contribution in [-0.2, 0) is 28.2 Å². The molecule has 0 unspecified atom stereocenters. The van der Waals surface area contributed by atoms with Crippen molar-refractivity contribution in [1.29, 1.82) is 0 Å². The molecule has 49 heavy (non-hydrogen) atoms. The van der Waals surface area contributed by atoms with Gasteiger partial charge in [-0.15, -0.1) is 0 Å². The highest BCUT2D eigenvalue weighted by Crippen LogP contribution is 2.36. The minimum atomic E-state index is -4.76. The number of carbonyl (C=O) groups excluding carboxylic acids is 2. The highest BCUT2D eigenvalue weighted by molar-refractivity contribution is 7.46. The number of hydrogen-bond acceptors (Lipinski definition) is 6. The zero-order valence-corrected chi connectivity index (χ0v) is 31.7. The normalized spacial score (nSPS) is 13.1. The van der Waals surface area contributed by atoms with Crippen molar-refractivity contribution < 1.29 is 37.9 Å². The SMILES string of the molecule is CC/C=C/C/C=C/C/C=C/C/C=C/C/C=C/CCCCCC(=O)OC[C@H](COP(=O)(O)O)OC(=O)CCCCCCCCCCCCCC. The molecule has 0 spiro atoms. The van der Waals surface area contributed by atoms with Crippen molar-refractivity contribution in [3.63, 3.8) is 0 Å². The predicted molar refractivity (Wildman–Crippen MR) is 202 cm³/mol. The van der Waals surface area contributed by atoms with Gasteiger partial charge in [-0.05, 0) is 57.8 Å². The first kappa shape index (κ1) is 46.8. The van der Waals surface area contributed by atoms with E-state index in [0.717, 1.165) is 70.6 Å². The minimum Gasteiger partial charge on any atom is -0.462 e. The van der Waals surface area contributed by atoms with E-state index in [1.807, 2.05) is 0 Å². The van der Waals surface area contributed by atoms with Crippen LogP contribution in [0, 0.1) is 0 Å². The van der Waals surface area contributed by atoms with Crippen molar-refractivity contribution in [3.05, 3.63) is 60.8 Å². The van der Waals surface area contributed by atoms with Crippen molar-refractivity contribution in [3.8, 4) is 0 Å². The van der Waals surface area contributed by atoms with E-state index in [1.165, 1.54) is 51.4 Å². The molecule has 8 nitrogen and oxygen atoms in total. The largest absolute Gasteiger partial charge is 0.469 e. The molecule has 0 aromatic carbocycles. The van der Waals surface area contributed by atoms with Gasteiger partial charge < -0.3 is 19.3 Å². The Kier molecular flexibility index (Phi) is 33.9. The summed E-state index contributed by atoms with van der Waals surface area (Å²) in [6.07, 6.45) is 43.7. The lowest BCUT2D eigenvalue weighted by molar-refractivity contribution is -0.161. The molecule has 0 aliphatic heterocycles. The molecule has 0 radical (unpaired) electrons. The van der Waals surface area contributed by atoms with E-state index in [2.05, 4.69) is 79.1 Å². The van der Waals surface area contributed by atoms with Crippen molar-refractivity contribution >= 4 is 19.8 Å². The molecular formula is C40H69O8P. The summed E-state index contributed by atoms with van der Waals surface area (Å²) < 4.78 is 26.3. The molecule has 9 heteroatoms. The van der Waals surface area contributed by atoms with Crippen LogP contribution in [0.15, 0.2) is 60.8 Å². The number of hydrogen-bond donors (Lipinski definition) is 2. The fourth-order valence-corrected chi connectivity index (χ4v) is 5.35. The number of allylic oxidation sites excluding steroid dienone is 10. The zero-order valence-electron chi connectivity index (χ0n) is 30.8. The van der Waals surface area contributed by atoms with Gasteiger partial charge in [0.05, 0.1) is 6.61 Å². The molecule has 0 aromatic rings. The molecule has 0 aromatic heterocycles. The van der Waals surface area contributed by atoms with Crippen LogP contribution in [0.25, 0.3) is 0 Å². The number of unbranched alkanes of at least 4 members (excludes halogenated alkanes) is 14. The van der Waals surface area contributed by atoms with Gasteiger partial charge in [0.15, 0.2) is 6.10 Å². The van der Waals surface area contributed by atoms with Crippen LogP contribution < -0.4 is 0 Å². The lowest BCUT2D eigenvalue weighted by Crippen LogP contribution is -2.29. The summed E-state index contributed by atoms with van der Waals surface area (Å²) in [6, 6.07) is 0. The molecular weight excluding hydrogens is 639 g/mol. The second-order valence-electron chi connectivity index (χ2n) is 12.5. The Hall–Kier alpha value is -2.25. The zero-order chi connectivity index (χ0) is 36.1. The molecule has 0 fully saturated rings. The van der Waals surface area contributed by atoms with Gasteiger partial charge in [-0.2, -0.15) is 0 Å². The highest BCUT2D eigenvalue weighted by atomic mass is 31.2. The molecule has 0 saturated heterocycles. The smallest absolute Gasteiger partial charge is 0.462 e. The molecule has 0 rings (SSSR count). The van der Waals surface area contributed by atoms with Gasteiger partial charge in [-0.3, -0.25) is 14.1 Å². The quantitative estimate of drug-likeness (QED) is 0.0293. The monoisotopic (exact) mass is 708 g/mol. The Labute approximate surface area is 298 Å². The van der Waals surface area contributed by atoms with E-state index in [0.29, 0.717) is 12.8 Å². The summed E-state index contributed by atoms with van der Waals surface area (Å²) in [5, 5.41) is 0. The van der Waals surface area contributed by atoms with E-state index in [9.17, 15) is 14.2 Å². The summed E-state index contributed by atoms with van der Waals surface area (Å²) in [6.45, 7) is 3.52. The third-order valence-corrected chi connectivity index (χ3v) is 8.29. The van der Waals surface area contributed by atoms with E-state index in [4.69, 9.17) is 19.3 Å². The van der Waals surface area contributed by atoms with Crippen molar-refractivity contribution in [2.24, 2.45) is 0 Å². The highest BCUT2D eigenvalue weighted by Gasteiger charge is 2.22. The van der Waals surface area contributed by atoms with Crippen molar-refractivity contribution in [1.82, 2.24) is 0 Å². The van der Waals surface area contributed by atoms with Crippen LogP contribution >= 0.6 is 7.82 Å². The minimum absolute atomic E-state index is 0.204. The van der Waals surface area contributed by atoms with Gasteiger partial charge in [-0.25, -0.2) is 4.57 Å². The summed E-state index contributed by atoms with van der Waals surface area (Å²) in [4.78, 5) is 42.7. The van der Waals surface area contributed by atoms with Gasteiger partial charge in [0.1, 0.15) is 6.61 Å². The van der Waals surface area contributed by atoms with E-state index >= 15 is 0 Å². The average Bonchev–Trinajstić information content (AvgIpc) is 3.07. The molecule has 0 saturated carbocycles. The maximum absolute atomic E-state index is 12.3. The summed E-state index contributed by atoms with van der Waals surface area (Å²) >= 11 is 0. The first-order valence-corrected chi connectivity index (χ1v) is 20.6. The van der Waals surface area contributed by atoms with Crippen LogP contribution in [0.1, 0.15) is 162 Å². The Bertz CT molecular complexity index is 979. The molecule has 1 atom stereocenters. The predicted octanol–water partition coefficient (Wildman–Crippen LogP) is 11.3. The fourth-order valence-electron chi connectivity index (χ4n) is 4.99. The lowest BCUT2D eigenvalue weighted by Gasteiger charge is -2.18. The summed E-state index contributed by atoms with van der Waals surface area (Å²) in [5.74, 6) is -0.925. The number of phosphoric acid groups is 1. The molecule has 0 heterocycles. The number of carbonyl (C=O) groups is 2. The van der Waals surface area contributed by atoms with E-state index < -0.39 is 32.5 Å². The topological polar surface area (TPSA) is 119 Å². The number of phosphoric ester groups is 1. The number of rotatable bonds is 34. The number of ether oxygens (including phenoxy) is 2. The molecule has 2 N–H and O–H groups in total. The molecule has 0 bridgehead atoms. The van der Waals surface area contributed by atoms with Crippen LogP contribution in [0.3, 0.4) is 0 Å². The second kappa shape index (κ2) is 35.6. The Morgan fingerprint density at radius 1 is 0.551 bits per heavy atom. The van der Waals surface area contributed by atoms with Crippen molar-refractivity contribution in [2.75, 3.05) is 13.2 Å². The number of esters is 2. The summed E-state index contributed by atoms with van der Waals surface area (Å²) in [5.41, 5.74) is 0. The molecule has 0 aliphatic rings. The first-order valence-electron chi connectivity index (χ1n) is 19.1. The van der Waals surface area contributed by atoms with Crippen LogP contribution in [-0.4, -0.2) is 41.0 Å².